The lowest BCUT2D eigenvalue weighted by atomic mass is 10.1. The van der Waals surface area contributed by atoms with E-state index in [0.29, 0.717) is 17.9 Å². The van der Waals surface area contributed by atoms with Crippen LogP contribution in [0.2, 0.25) is 0 Å². The summed E-state index contributed by atoms with van der Waals surface area (Å²) in [7, 11) is 0. The lowest BCUT2D eigenvalue weighted by Gasteiger charge is -2.12. The van der Waals surface area contributed by atoms with E-state index in [9.17, 15) is 9.59 Å². The van der Waals surface area contributed by atoms with Crippen molar-refractivity contribution in [2.24, 2.45) is 0 Å². The number of hydrogen-bond donors (Lipinski definition) is 2. The van der Waals surface area contributed by atoms with Crippen molar-refractivity contribution in [1.82, 2.24) is 0 Å². The molecule has 1 atom stereocenters. The van der Waals surface area contributed by atoms with Crippen molar-refractivity contribution in [1.29, 1.82) is 0 Å². The molecular formula is C18H17IN2O3. The van der Waals surface area contributed by atoms with Crippen molar-refractivity contribution in [2.75, 3.05) is 17.2 Å². The Hall–Kier alpha value is -1.93. The number of anilines is 2. The highest BCUT2D eigenvalue weighted by molar-refractivity contribution is 14.1. The summed E-state index contributed by atoms with van der Waals surface area (Å²) >= 11 is 2.17. The number of nitrogens with one attached hydrogen (secondary N) is 2. The lowest BCUT2D eigenvalue weighted by Crippen LogP contribution is -2.27. The second-order valence-electron chi connectivity index (χ2n) is 5.51. The molecule has 1 aliphatic heterocycles. The van der Waals surface area contributed by atoms with E-state index in [-0.39, 0.29) is 11.8 Å². The number of benzene rings is 2. The summed E-state index contributed by atoms with van der Waals surface area (Å²) in [6, 6.07) is 14.4. The Kier molecular flexibility index (Phi) is 5.47. The van der Waals surface area contributed by atoms with Crippen molar-refractivity contribution in [3.63, 3.8) is 0 Å². The molecule has 2 aromatic carbocycles. The lowest BCUT2D eigenvalue weighted by molar-refractivity contribution is -0.124. The van der Waals surface area contributed by atoms with Gasteiger partial charge in [-0.1, -0.05) is 18.2 Å². The van der Waals surface area contributed by atoms with E-state index in [1.54, 1.807) is 24.3 Å². The van der Waals surface area contributed by atoms with Crippen LogP contribution in [0.5, 0.6) is 0 Å². The van der Waals surface area contributed by atoms with Crippen LogP contribution in [0.4, 0.5) is 11.4 Å². The second-order valence-corrected chi connectivity index (χ2v) is 6.67. The number of hydrogen-bond acceptors (Lipinski definition) is 3. The standard InChI is InChI=1S/C18H17IN2O3/c19-14-7-1-2-8-15(14)21-17(22)12-5-3-6-13(11-12)20-18(23)16-9-4-10-24-16/h1-3,5-8,11,16H,4,9-10H2,(H,20,23)(H,21,22)/t16-/m1/s1. The summed E-state index contributed by atoms with van der Waals surface area (Å²) in [5.74, 6) is -0.380. The van der Waals surface area contributed by atoms with Crippen LogP contribution in [0, 0.1) is 3.57 Å². The van der Waals surface area contributed by atoms with Gasteiger partial charge in [0, 0.05) is 21.4 Å². The molecule has 2 amide bonds. The maximum absolute atomic E-state index is 12.4. The summed E-state index contributed by atoms with van der Waals surface area (Å²) < 4.78 is 6.33. The van der Waals surface area contributed by atoms with E-state index in [4.69, 9.17) is 4.74 Å². The Morgan fingerprint density at radius 3 is 2.67 bits per heavy atom. The second kappa shape index (κ2) is 7.76. The molecule has 2 N–H and O–H groups in total. The van der Waals surface area contributed by atoms with Crippen LogP contribution in [-0.4, -0.2) is 24.5 Å². The third-order valence-corrected chi connectivity index (χ3v) is 4.68. The molecule has 0 saturated carbocycles. The van der Waals surface area contributed by atoms with Crippen molar-refractivity contribution in [2.45, 2.75) is 18.9 Å². The maximum atomic E-state index is 12.4. The normalized spacial score (nSPS) is 16.6. The van der Waals surface area contributed by atoms with Gasteiger partial charge < -0.3 is 15.4 Å². The van der Waals surface area contributed by atoms with E-state index in [0.717, 1.165) is 22.1 Å². The molecule has 24 heavy (non-hydrogen) atoms. The molecule has 6 heteroatoms. The van der Waals surface area contributed by atoms with Gasteiger partial charge in [-0.25, -0.2) is 0 Å². The minimum Gasteiger partial charge on any atom is -0.368 e. The Morgan fingerprint density at radius 1 is 1.08 bits per heavy atom. The highest BCUT2D eigenvalue weighted by Crippen LogP contribution is 2.20. The van der Waals surface area contributed by atoms with Gasteiger partial charge in [0.2, 0.25) is 0 Å². The van der Waals surface area contributed by atoms with E-state index in [2.05, 4.69) is 33.2 Å². The van der Waals surface area contributed by atoms with E-state index in [1.165, 1.54) is 0 Å². The molecule has 0 radical (unpaired) electrons. The topological polar surface area (TPSA) is 67.4 Å². The van der Waals surface area contributed by atoms with Gasteiger partial charge in [-0.3, -0.25) is 9.59 Å². The summed E-state index contributed by atoms with van der Waals surface area (Å²) in [6.45, 7) is 0.621. The van der Waals surface area contributed by atoms with Crippen molar-refractivity contribution in [3.8, 4) is 0 Å². The summed E-state index contributed by atoms with van der Waals surface area (Å²) in [4.78, 5) is 24.5. The molecule has 0 bridgehead atoms. The Morgan fingerprint density at radius 2 is 1.92 bits per heavy atom. The fraction of sp³-hybridized carbons (Fsp3) is 0.222. The first-order valence-electron chi connectivity index (χ1n) is 7.72. The zero-order valence-electron chi connectivity index (χ0n) is 12.9. The molecule has 5 nitrogen and oxygen atoms in total. The van der Waals surface area contributed by atoms with Crippen molar-refractivity contribution >= 4 is 45.8 Å². The Bertz CT molecular complexity index is 757. The minimum atomic E-state index is -0.395. The fourth-order valence-electron chi connectivity index (χ4n) is 2.50. The maximum Gasteiger partial charge on any atom is 0.255 e. The molecule has 3 rings (SSSR count). The minimum absolute atomic E-state index is 0.164. The molecule has 0 unspecified atom stereocenters. The number of halogens is 1. The number of ether oxygens (including phenoxy) is 1. The number of amides is 2. The predicted octanol–water partition coefficient (Wildman–Crippen LogP) is 3.66. The quantitative estimate of drug-likeness (QED) is 0.720. The van der Waals surface area contributed by atoms with Crippen molar-refractivity contribution < 1.29 is 14.3 Å². The third-order valence-electron chi connectivity index (χ3n) is 3.74. The number of carbonyl (C=O) groups excluding carboxylic acids is 2. The molecular weight excluding hydrogens is 419 g/mol. The van der Waals surface area contributed by atoms with Crippen LogP contribution in [0.25, 0.3) is 0 Å². The Balaban J connectivity index is 1.69. The van der Waals surface area contributed by atoms with Crippen LogP contribution >= 0.6 is 22.6 Å². The SMILES string of the molecule is O=C(Nc1ccccc1I)c1cccc(NC(=O)[C@H]2CCCO2)c1. The summed E-state index contributed by atoms with van der Waals surface area (Å²) in [5, 5.41) is 5.69. The van der Waals surface area contributed by atoms with Crippen LogP contribution in [0.1, 0.15) is 23.2 Å². The zero-order valence-corrected chi connectivity index (χ0v) is 15.1. The van der Waals surface area contributed by atoms with Crippen LogP contribution < -0.4 is 10.6 Å². The molecule has 0 aromatic heterocycles. The first kappa shape index (κ1) is 16.9. The number of carbonyl (C=O) groups is 2. The molecule has 0 spiro atoms. The number of para-hydroxylation sites is 1. The van der Waals surface area contributed by atoms with Crippen molar-refractivity contribution in [3.05, 3.63) is 57.7 Å². The van der Waals surface area contributed by atoms with Gasteiger partial charge in [-0.15, -0.1) is 0 Å². The van der Waals surface area contributed by atoms with Gasteiger partial charge >= 0.3 is 0 Å². The van der Waals surface area contributed by atoms with Gasteiger partial charge in [0.1, 0.15) is 6.10 Å². The fourth-order valence-corrected chi connectivity index (χ4v) is 3.02. The van der Waals surface area contributed by atoms with E-state index in [1.807, 2.05) is 24.3 Å². The van der Waals surface area contributed by atoms with Crippen LogP contribution in [0.15, 0.2) is 48.5 Å². The average Bonchev–Trinajstić information content (AvgIpc) is 3.12. The van der Waals surface area contributed by atoms with E-state index < -0.39 is 6.10 Å². The molecule has 124 valence electrons. The third kappa shape index (κ3) is 4.12. The van der Waals surface area contributed by atoms with Gasteiger partial charge in [-0.05, 0) is 65.8 Å². The zero-order chi connectivity index (χ0) is 16.9. The summed E-state index contributed by atoms with van der Waals surface area (Å²) in [6.07, 6.45) is 1.24. The Labute approximate surface area is 153 Å². The highest BCUT2D eigenvalue weighted by atomic mass is 127. The van der Waals surface area contributed by atoms with Gasteiger partial charge in [-0.2, -0.15) is 0 Å². The molecule has 1 fully saturated rings. The highest BCUT2D eigenvalue weighted by Gasteiger charge is 2.23. The molecule has 0 aliphatic carbocycles. The van der Waals surface area contributed by atoms with Crippen LogP contribution in [-0.2, 0) is 9.53 Å². The first-order chi connectivity index (χ1) is 11.6. The number of rotatable bonds is 4. The van der Waals surface area contributed by atoms with Gasteiger partial charge in [0.05, 0.1) is 5.69 Å². The molecule has 1 heterocycles. The van der Waals surface area contributed by atoms with E-state index >= 15 is 0 Å². The van der Waals surface area contributed by atoms with Crippen LogP contribution in [0.3, 0.4) is 0 Å². The van der Waals surface area contributed by atoms with Gasteiger partial charge in [0.15, 0.2) is 0 Å². The first-order valence-corrected chi connectivity index (χ1v) is 8.80. The molecule has 1 saturated heterocycles. The smallest absolute Gasteiger partial charge is 0.255 e. The average molecular weight is 436 g/mol. The predicted molar refractivity (Wildman–Crippen MR) is 101 cm³/mol. The monoisotopic (exact) mass is 436 g/mol. The van der Waals surface area contributed by atoms with Gasteiger partial charge in [0.25, 0.3) is 11.8 Å². The summed E-state index contributed by atoms with van der Waals surface area (Å²) in [5.41, 5.74) is 1.84. The largest absolute Gasteiger partial charge is 0.368 e. The molecule has 1 aliphatic rings. The molecule has 2 aromatic rings.